The predicted molar refractivity (Wildman–Crippen MR) is 132 cm³/mol. The summed E-state index contributed by atoms with van der Waals surface area (Å²) in [5, 5.41) is 17.9. The van der Waals surface area contributed by atoms with E-state index in [0.717, 1.165) is 22.0 Å². The maximum absolute atomic E-state index is 13.2. The minimum absolute atomic E-state index is 0.122. The summed E-state index contributed by atoms with van der Waals surface area (Å²) in [5.74, 6) is 0.508. The maximum Gasteiger partial charge on any atom is 0.226 e. The van der Waals surface area contributed by atoms with Gasteiger partial charge < -0.3 is 5.32 Å². The number of para-hydroxylation sites is 1. The number of amides is 1. The van der Waals surface area contributed by atoms with Gasteiger partial charge in [0.25, 0.3) is 0 Å². The fraction of sp³-hybridized carbons (Fsp3) is 0.0714. The molecule has 0 atom stereocenters. The lowest BCUT2D eigenvalue weighted by Gasteiger charge is -2.18. The highest BCUT2D eigenvalue weighted by Crippen LogP contribution is 2.29. The van der Waals surface area contributed by atoms with Crippen molar-refractivity contribution in [2.75, 3.05) is 5.32 Å². The molecule has 0 saturated carbocycles. The highest BCUT2D eigenvalue weighted by atomic mass is 16.1. The second-order valence-electron chi connectivity index (χ2n) is 7.92. The molecular formula is C28H21N5O. The van der Waals surface area contributed by atoms with Gasteiger partial charge in [-0.1, -0.05) is 78.9 Å². The summed E-state index contributed by atoms with van der Waals surface area (Å²) < 4.78 is 1.50. The molecule has 0 aliphatic carbocycles. The fourth-order valence-electron chi connectivity index (χ4n) is 4.06. The number of carbonyl (C=O) groups is 1. The van der Waals surface area contributed by atoms with Crippen molar-refractivity contribution in [3.05, 3.63) is 120 Å². The van der Waals surface area contributed by atoms with Crippen LogP contribution in [-0.4, -0.2) is 20.7 Å². The van der Waals surface area contributed by atoms with Crippen LogP contribution >= 0.6 is 0 Å². The summed E-state index contributed by atoms with van der Waals surface area (Å²) in [6.45, 7) is 0. The van der Waals surface area contributed by atoms with Crippen molar-refractivity contribution in [2.45, 2.75) is 12.3 Å². The lowest BCUT2D eigenvalue weighted by atomic mass is 9.88. The lowest BCUT2D eigenvalue weighted by molar-refractivity contribution is -0.116. The largest absolute Gasteiger partial charge is 0.309 e. The number of nitriles is 1. The summed E-state index contributed by atoms with van der Waals surface area (Å²) in [5.41, 5.74) is 3.18. The SMILES string of the molecule is N#Cc1cnn(-c2ccc3ccccc3n2)c1NC(=O)CC(c1ccccc1)c1ccccc1. The van der Waals surface area contributed by atoms with Gasteiger partial charge in [0.1, 0.15) is 11.6 Å². The third-order valence-corrected chi connectivity index (χ3v) is 5.74. The number of fused-ring (bicyclic) bond motifs is 1. The molecule has 34 heavy (non-hydrogen) atoms. The van der Waals surface area contributed by atoms with Crippen LogP contribution in [0.2, 0.25) is 0 Å². The Hall–Kier alpha value is -4.76. The van der Waals surface area contributed by atoms with Crippen LogP contribution in [0.25, 0.3) is 16.7 Å². The molecule has 2 heterocycles. The number of pyridine rings is 1. The van der Waals surface area contributed by atoms with Gasteiger partial charge in [-0.05, 0) is 29.3 Å². The first-order chi connectivity index (χ1) is 16.7. The molecular weight excluding hydrogens is 422 g/mol. The number of aromatic nitrogens is 3. The van der Waals surface area contributed by atoms with Gasteiger partial charge >= 0.3 is 0 Å². The van der Waals surface area contributed by atoms with Crippen molar-refractivity contribution in [1.29, 1.82) is 5.26 Å². The van der Waals surface area contributed by atoms with E-state index < -0.39 is 0 Å². The minimum Gasteiger partial charge on any atom is -0.309 e. The van der Waals surface area contributed by atoms with E-state index in [4.69, 9.17) is 0 Å². The molecule has 0 saturated heterocycles. The predicted octanol–water partition coefficient (Wildman–Crippen LogP) is 5.45. The Balaban J connectivity index is 1.46. The third kappa shape index (κ3) is 4.27. The Labute approximate surface area is 197 Å². The van der Waals surface area contributed by atoms with Crippen LogP contribution in [0.1, 0.15) is 29.0 Å². The zero-order chi connectivity index (χ0) is 23.3. The van der Waals surface area contributed by atoms with Gasteiger partial charge in [-0.2, -0.15) is 15.0 Å². The van der Waals surface area contributed by atoms with Crippen LogP contribution in [0.3, 0.4) is 0 Å². The number of rotatable bonds is 6. The normalized spacial score (nSPS) is 10.8. The van der Waals surface area contributed by atoms with Crippen molar-refractivity contribution in [2.24, 2.45) is 0 Å². The number of hydrogen-bond donors (Lipinski definition) is 1. The molecule has 164 valence electrons. The molecule has 3 aromatic carbocycles. The second kappa shape index (κ2) is 9.39. The summed E-state index contributed by atoms with van der Waals surface area (Å²) in [6, 6.07) is 33.5. The molecule has 6 heteroatoms. The van der Waals surface area contributed by atoms with Gasteiger partial charge in [0.15, 0.2) is 11.6 Å². The molecule has 0 radical (unpaired) electrons. The molecule has 5 aromatic rings. The summed E-state index contributed by atoms with van der Waals surface area (Å²) in [6.07, 6.45) is 1.66. The summed E-state index contributed by atoms with van der Waals surface area (Å²) >= 11 is 0. The van der Waals surface area contributed by atoms with E-state index in [2.05, 4.69) is 21.5 Å². The van der Waals surface area contributed by atoms with E-state index in [0.29, 0.717) is 11.6 Å². The number of nitrogens with one attached hydrogen (secondary N) is 1. The molecule has 0 aliphatic heterocycles. The molecule has 0 unspecified atom stereocenters. The molecule has 1 amide bonds. The Morgan fingerprint density at radius 3 is 2.21 bits per heavy atom. The number of hydrogen-bond acceptors (Lipinski definition) is 4. The van der Waals surface area contributed by atoms with E-state index in [1.807, 2.05) is 97.1 Å². The van der Waals surface area contributed by atoms with Crippen molar-refractivity contribution in [3.8, 4) is 11.9 Å². The van der Waals surface area contributed by atoms with Crippen LogP contribution in [0.15, 0.2) is 103 Å². The fourth-order valence-corrected chi connectivity index (χ4v) is 4.06. The molecule has 2 aromatic heterocycles. The monoisotopic (exact) mass is 443 g/mol. The molecule has 0 spiro atoms. The Morgan fingerprint density at radius 1 is 0.882 bits per heavy atom. The smallest absolute Gasteiger partial charge is 0.226 e. The quantitative estimate of drug-likeness (QED) is 0.378. The first-order valence-corrected chi connectivity index (χ1v) is 11.0. The average molecular weight is 444 g/mol. The van der Waals surface area contributed by atoms with Crippen LogP contribution in [-0.2, 0) is 4.79 Å². The zero-order valence-electron chi connectivity index (χ0n) is 18.3. The highest BCUT2D eigenvalue weighted by Gasteiger charge is 2.21. The van der Waals surface area contributed by atoms with Crippen LogP contribution in [0, 0.1) is 11.3 Å². The second-order valence-corrected chi connectivity index (χ2v) is 7.92. The number of anilines is 1. The molecule has 0 fully saturated rings. The molecule has 0 aliphatic rings. The van der Waals surface area contributed by atoms with Gasteiger partial charge in [0.2, 0.25) is 5.91 Å². The number of benzene rings is 3. The molecule has 1 N–H and O–H groups in total. The van der Waals surface area contributed by atoms with Crippen molar-refractivity contribution in [1.82, 2.24) is 14.8 Å². The molecule has 6 nitrogen and oxygen atoms in total. The van der Waals surface area contributed by atoms with Gasteiger partial charge in [0.05, 0.1) is 11.7 Å². The topological polar surface area (TPSA) is 83.6 Å². The van der Waals surface area contributed by atoms with Crippen LogP contribution in [0.4, 0.5) is 5.82 Å². The van der Waals surface area contributed by atoms with Crippen molar-refractivity contribution >= 4 is 22.6 Å². The first kappa shape index (κ1) is 21.1. The van der Waals surface area contributed by atoms with Crippen LogP contribution in [0.5, 0.6) is 0 Å². The van der Waals surface area contributed by atoms with E-state index in [1.165, 1.54) is 10.9 Å². The lowest BCUT2D eigenvalue weighted by Crippen LogP contribution is -2.19. The van der Waals surface area contributed by atoms with Gasteiger partial charge in [0, 0.05) is 17.7 Å². The van der Waals surface area contributed by atoms with E-state index >= 15 is 0 Å². The van der Waals surface area contributed by atoms with E-state index in [9.17, 15) is 10.1 Å². The van der Waals surface area contributed by atoms with E-state index in [-0.39, 0.29) is 23.8 Å². The summed E-state index contributed by atoms with van der Waals surface area (Å²) in [7, 11) is 0. The molecule has 0 bridgehead atoms. The van der Waals surface area contributed by atoms with Gasteiger partial charge in [-0.3, -0.25) is 4.79 Å². The van der Waals surface area contributed by atoms with Gasteiger partial charge in [-0.25, -0.2) is 4.98 Å². The third-order valence-electron chi connectivity index (χ3n) is 5.74. The van der Waals surface area contributed by atoms with Crippen molar-refractivity contribution in [3.63, 3.8) is 0 Å². The van der Waals surface area contributed by atoms with Crippen LogP contribution < -0.4 is 5.32 Å². The summed E-state index contributed by atoms with van der Waals surface area (Å²) in [4.78, 5) is 17.9. The number of nitrogens with zero attached hydrogens (tertiary/aromatic N) is 4. The number of carbonyl (C=O) groups excluding carboxylic acids is 1. The Morgan fingerprint density at radius 2 is 1.53 bits per heavy atom. The minimum atomic E-state index is -0.211. The first-order valence-electron chi connectivity index (χ1n) is 11.0. The average Bonchev–Trinajstić information content (AvgIpc) is 3.30. The van der Waals surface area contributed by atoms with Gasteiger partial charge in [-0.15, -0.1) is 0 Å². The zero-order valence-corrected chi connectivity index (χ0v) is 18.3. The maximum atomic E-state index is 13.2. The Kier molecular flexibility index (Phi) is 5.83. The Bertz CT molecular complexity index is 1450. The standard InChI is InChI=1S/C28H21N5O/c29-18-23-19-30-33(26-16-15-22-13-7-8-14-25(22)31-26)28(23)32-27(34)17-24(20-9-3-1-4-10-20)21-11-5-2-6-12-21/h1-16,19,24H,17H2,(H,32,34). The van der Waals surface area contributed by atoms with E-state index in [1.54, 1.807) is 0 Å². The highest BCUT2D eigenvalue weighted by molar-refractivity contribution is 5.92. The molecule has 5 rings (SSSR count). The van der Waals surface area contributed by atoms with Crippen molar-refractivity contribution < 1.29 is 4.79 Å².